The summed E-state index contributed by atoms with van der Waals surface area (Å²) in [5, 5.41) is 13.6. The van der Waals surface area contributed by atoms with Crippen molar-refractivity contribution in [3.8, 4) is 17.6 Å². The van der Waals surface area contributed by atoms with Crippen LogP contribution in [-0.2, 0) is 0 Å². The monoisotopic (exact) mass is 320 g/mol. The van der Waals surface area contributed by atoms with Gasteiger partial charge in [0.05, 0.1) is 13.7 Å². The van der Waals surface area contributed by atoms with Crippen molar-refractivity contribution >= 4 is 22.4 Å². The highest BCUT2D eigenvalue weighted by Crippen LogP contribution is 2.24. The summed E-state index contributed by atoms with van der Waals surface area (Å²) in [4.78, 5) is 3.26. The highest BCUT2D eigenvalue weighted by Gasteiger charge is 2.14. The maximum Gasteiger partial charge on any atom is 0.295 e. The van der Waals surface area contributed by atoms with Crippen LogP contribution in [0.4, 0.5) is 11.5 Å². The van der Waals surface area contributed by atoms with Gasteiger partial charge in [0.2, 0.25) is 0 Å². The molecule has 0 saturated carbocycles. The fraction of sp³-hybridized carbons (Fsp3) is 0.158. The zero-order valence-electron chi connectivity index (χ0n) is 13.6. The number of ether oxygens (including phenoxy) is 2. The van der Waals surface area contributed by atoms with E-state index in [9.17, 15) is 5.26 Å². The highest BCUT2D eigenvalue weighted by molar-refractivity contribution is 5.80. The fourth-order valence-corrected chi connectivity index (χ4v) is 2.46. The zero-order chi connectivity index (χ0) is 16.9. The Kier molecular flexibility index (Phi) is 4.48. The minimum atomic E-state index is 0.543. The molecule has 0 aliphatic heterocycles. The van der Waals surface area contributed by atoms with Crippen molar-refractivity contribution in [2.45, 2.75) is 6.92 Å². The lowest BCUT2D eigenvalue weighted by atomic mass is 10.1. The van der Waals surface area contributed by atoms with Crippen molar-refractivity contribution in [1.82, 2.24) is 0 Å². The number of pyridine rings is 1. The van der Waals surface area contributed by atoms with Crippen LogP contribution in [0.25, 0.3) is 10.9 Å². The van der Waals surface area contributed by atoms with Crippen molar-refractivity contribution in [2.75, 3.05) is 19.0 Å². The number of nitriles is 1. The molecule has 3 aromatic rings. The van der Waals surface area contributed by atoms with Gasteiger partial charge in [-0.3, -0.25) is 0 Å². The standard InChI is InChI=1S/C19H17N3O2/c1-3-24-16-8-5-15(6-9-16)21-19-14(12-20)10-13-4-7-17(23-2)11-18(13)22-19/h4-11H,3H2,1-2H3,(H,21,22)/p+1. The Morgan fingerprint density at radius 3 is 2.50 bits per heavy atom. The summed E-state index contributed by atoms with van der Waals surface area (Å²) >= 11 is 0. The summed E-state index contributed by atoms with van der Waals surface area (Å²) in [5.41, 5.74) is 2.30. The third-order valence-electron chi connectivity index (χ3n) is 3.64. The van der Waals surface area contributed by atoms with Crippen molar-refractivity contribution in [2.24, 2.45) is 0 Å². The third kappa shape index (κ3) is 3.23. The van der Waals surface area contributed by atoms with E-state index in [4.69, 9.17) is 9.47 Å². The van der Waals surface area contributed by atoms with Gasteiger partial charge in [0.1, 0.15) is 34.3 Å². The Hall–Kier alpha value is -3.26. The van der Waals surface area contributed by atoms with Crippen LogP contribution in [0.15, 0.2) is 48.5 Å². The smallest absolute Gasteiger partial charge is 0.295 e. The van der Waals surface area contributed by atoms with E-state index in [0.717, 1.165) is 28.1 Å². The van der Waals surface area contributed by atoms with Gasteiger partial charge >= 0.3 is 0 Å². The first kappa shape index (κ1) is 15.6. The van der Waals surface area contributed by atoms with E-state index in [1.165, 1.54) is 0 Å². The van der Waals surface area contributed by atoms with Gasteiger partial charge in [0.15, 0.2) is 0 Å². The molecule has 0 saturated heterocycles. The molecule has 0 aliphatic carbocycles. The largest absolute Gasteiger partial charge is 0.497 e. The summed E-state index contributed by atoms with van der Waals surface area (Å²) < 4.78 is 10.7. The van der Waals surface area contributed by atoms with E-state index >= 15 is 0 Å². The Labute approximate surface area is 140 Å². The van der Waals surface area contributed by atoms with Crippen LogP contribution in [0, 0.1) is 11.3 Å². The number of anilines is 2. The Balaban J connectivity index is 1.96. The second-order valence-corrected chi connectivity index (χ2v) is 5.21. The molecule has 0 radical (unpaired) electrons. The fourth-order valence-electron chi connectivity index (χ4n) is 2.46. The lowest BCUT2D eigenvalue weighted by molar-refractivity contribution is -0.327. The van der Waals surface area contributed by atoms with Crippen LogP contribution >= 0.6 is 0 Å². The first-order chi connectivity index (χ1) is 11.7. The molecular formula is C19H18N3O2+. The molecule has 0 amide bonds. The summed E-state index contributed by atoms with van der Waals surface area (Å²) in [7, 11) is 1.63. The number of H-pyrrole nitrogens is 1. The summed E-state index contributed by atoms with van der Waals surface area (Å²) in [5.74, 6) is 2.22. The average molecular weight is 320 g/mol. The van der Waals surface area contributed by atoms with Crippen LogP contribution in [0.3, 0.4) is 0 Å². The number of hydrogen-bond acceptors (Lipinski definition) is 4. The van der Waals surface area contributed by atoms with Gasteiger partial charge in [-0.15, -0.1) is 0 Å². The average Bonchev–Trinajstić information content (AvgIpc) is 2.62. The lowest BCUT2D eigenvalue weighted by Gasteiger charge is -2.06. The molecule has 1 heterocycles. The van der Waals surface area contributed by atoms with Crippen molar-refractivity contribution in [3.63, 3.8) is 0 Å². The normalized spacial score (nSPS) is 10.2. The number of aromatic amines is 1. The van der Waals surface area contributed by atoms with Crippen molar-refractivity contribution < 1.29 is 14.5 Å². The van der Waals surface area contributed by atoms with Crippen LogP contribution in [0.2, 0.25) is 0 Å². The van der Waals surface area contributed by atoms with Gasteiger partial charge in [0, 0.05) is 11.5 Å². The Morgan fingerprint density at radius 2 is 1.83 bits per heavy atom. The van der Waals surface area contributed by atoms with Gasteiger partial charge in [0.25, 0.3) is 5.82 Å². The first-order valence-electron chi connectivity index (χ1n) is 7.67. The summed E-state index contributed by atoms with van der Waals surface area (Å²) in [6, 6.07) is 17.4. The van der Waals surface area contributed by atoms with Gasteiger partial charge in [-0.05, 0) is 49.4 Å². The van der Waals surface area contributed by atoms with Gasteiger partial charge in [-0.2, -0.15) is 5.26 Å². The van der Waals surface area contributed by atoms with E-state index in [1.807, 2.05) is 55.5 Å². The topological polar surface area (TPSA) is 68.4 Å². The van der Waals surface area contributed by atoms with E-state index < -0.39 is 0 Å². The number of nitrogens with zero attached hydrogens (tertiary/aromatic N) is 1. The SMILES string of the molecule is CCOc1ccc(Nc2[nH+]c3cc(OC)ccc3cc2C#N)cc1. The second-order valence-electron chi connectivity index (χ2n) is 5.21. The minimum absolute atomic E-state index is 0.543. The quantitative estimate of drug-likeness (QED) is 0.778. The number of hydrogen-bond donors (Lipinski definition) is 1. The van der Waals surface area contributed by atoms with Crippen LogP contribution in [0.5, 0.6) is 11.5 Å². The van der Waals surface area contributed by atoms with E-state index in [1.54, 1.807) is 7.11 Å². The number of benzene rings is 2. The maximum absolute atomic E-state index is 9.42. The molecule has 0 aliphatic rings. The van der Waals surface area contributed by atoms with Gasteiger partial charge < -0.3 is 9.47 Å². The summed E-state index contributed by atoms with van der Waals surface area (Å²) in [6.07, 6.45) is 0. The molecule has 5 nitrogen and oxygen atoms in total. The van der Waals surface area contributed by atoms with E-state index in [2.05, 4.69) is 16.4 Å². The van der Waals surface area contributed by atoms with Crippen LogP contribution in [-0.4, -0.2) is 13.7 Å². The molecule has 0 unspecified atom stereocenters. The molecule has 3 rings (SSSR count). The molecule has 0 atom stereocenters. The molecule has 24 heavy (non-hydrogen) atoms. The number of aromatic nitrogens is 1. The van der Waals surface area contributed by atoms with Crippen LogP contribution in [0.1, 0.15) is 12.5 Å². The Morgan fingerprint density at radius 1 is 1.08 bits per heavy atom. The van der Waals surface area contributed by atoms with Gasteiger partial charge in [-0.25, -0.2) is 10.3 Å². The maximum atomic E-state index is 9.42. The van der Waals surface area contributed by atoms with Crippen molar-refractivity contribution in [1.29, 1.82) is 5.26 Å². The minimum Gasteiger partial charge on any atom is -0.497 e. The van der Waals surface area contributed by atoms with Crippen LogP contribution < -0.4 is 19.8 Å². The van der Waals surface area contributed by atoms with E-state index in [-0.39, 0.29) is 0 Å². The molecule has 2 aromatic carbocycles. The second kappa shape index (κ2) is 6.88. The molecule has 2 N–H and O–H groups in total. The van der Waals surface area contributed by atoms with Gasteiger partial charge in [-0.1, -0.05) is 0 Å². The predicted octanol–water partition coefficient (Wildman–Crippen LogP) is 3.68. The number of nitrogens with one attached hydrogen (secondary N) is 2. The Bertz CT molecular complexity index is 899. The number of methoxy groups -OCH3 is 1. The first-order valence-corrected chi connectivity index (χ1v) is 7.67. The predicted molar refractivity (Wildman–Crippen MR) is 92.7 cm³/mol. The molecule has 1 aromatic heterocycles. The molecule has 5 heteroatoms. The zero-order valence-corrected chi connectivity index (χ0v) is 13.6. The molecular weight excluding hydrogens is 302 g/mol. The third-order valence-corrected chi connectivity index (χ3v) is 3.64. The molecule has 0 spiro atoms. The molecule has 0 bridgehead atoms. The van der Waals surface area contributed by atoms with E-state index in [0.29, 0.717) is 18.0 Å². The highest BCUT2D eigenvalue weighted by atomic mass is 16.5. The number of rotatable bonds is 5. The molecule has 120 valence electrons. The number of fused-ring (bicyclic) bond motifs is 1. The summed E-state index contributed by atoms with van der Waals surface area (Å²) in [6.45, 7) is 2.58. The molecule has 0 fully saturated rings. The van der Waals surface area contributed by atoms with Crippen molar-refractivity contribution in [3.05, 3.63) is 54.1 Å². The lowest BCUT2D eigenvalue weighted by Crippen LogP contribution is -2.13.